The molecule has 1 atom stereocenters. The molecule has 1 aliphatic rings. The van der Waals surface area contributed by atoms with Gasteiger partial charge in [0.05, 0.1) is 10.9 Å². The van der Waals surface area contributed by atoms with Gasteiger partial charge in [0, 0.05) is 4.47 Å². The van der Waals surface area contributed by atoms with Gasteiger partial charge in [-0.25, -0.2) is 0 Å². The Hall–Kier alpha value is -0.190. The smallest absolute Gasteiger partial charge is 0.190 e. The first-order valence-electron chi connectivity index (χ1n) is 6.25. The molecule has 0 amide bonds. The lowest BCUT2D eigenvalue weighted by Gasteiger charge is -2.25. The molecule has 94 valence electrons. The van der Waals surface area contributed by atoms with Gasteiger partial charge in [0.2, 0.25) is 0 Å². The van der Waals surface area contributed by atoms with E-state index < -0.39 is 0 Å². The number of nitrogens with zero attached hydrogens (tertiary/aromatic N) is 1. The molecule has 17 heavy (non-hydrogen) atoms. The molecule has 1 aromatic rings. The average Bonchev–Trinajstić information content (AvgIpc) is 2.95. The Morgan fingerprint density at radius 2 is 2.24 bits per heavy atom. The van der Waals surface area contributed by atoms with Gasteiger partial charge in [-0.2, -0.15) is 0 Å². The zero-order valence-corrected chi connectivity index (χ0v) is 12.5. The molecule has 0 N–H and O–H groups in total. The molecule has 0 aromatic carbocycles. The molecule has 0 aliphatic carbocycles. The molecular formula is C13H18BrNOS. The fourth-order valence-corrected chi connectivity index (χ4v) is 3.98. The maximum Gasteiger partial charge on any atom is 0.190 e. The Balaban J connectivity index is 2.15. The van der Waals surface area contributed by atoms with Crippen LogP contribution in [0.3, 0.4) is 0 Å². The standard InChI is InChI=1S/C13H18BrNOS/c1-2-5-11(15-7-3-4-8-15)12(16)13-10(14)6-9-17-13/h6,9,11H,2-5,7-8H2,1H3. The van der Waals surface area contributed by atoms with Gasteiger partial charge in [-0.3, -0.25) is 9.69 Å². The van der Waals surface area contributed by atoms with Crippen molar-refractivity contribution in [2.24, 2.45) is 0 Å². The number of rotatable bonds is 5. The van der Waals surface area contributed by atoms with Gasteiger partial charge in [0.25, 0.3) is 0 Å². The van der Waals surface area contributed by atoms with Crippen molar-refractivity contribution in [1.29, 1.82) is 0 Å². The van der Waals surface area contributed by atoms with Crippen LogP contribution in [0.25, 0.3) is 0 Å². The van der Waals surface area contributed by atoms with Crippen LogP contribution in [0.1, 0.15) is 42.3 Å². The Bertz CT molecular complexity index is 385. The fraction of sp³-hybridized carbons (Fsp3) is 0.615. The van der Waals surface area contributed by atoms with Crippen molar-refractivity contribution in [1.82, 2.24) is 4.90 Å². The van der Waals surface area contributed by atoms with Crippen LogP contribution >= 0.6 is 27.3 Å². The number of likely N-dealkylation sites (tertiary alicyclic amines) is 1. The summed E-state index contributed by atoms with van der Waals surface area (Å²) in [6, 6.07) is 2.06. The summed E-state index contributed by atoms with van der Waals surface area (Å²) in [5.74, 6) is 0.302. The number of ketones is 1. The van der Waals surface area contributed by atoms with E-state index in [-0.39, 0.29) is 6.04 Å². The van der Waals surface area contributed by atoms with E-state index in [1.165, 1.54) is 12.8 Å². The molecule has 1 aliphatic heterocycles. The third kappa shape index (κ3) is 2.98. The van der Waals surface area contributed by atoms with Gasteiger partial charge in [-0.15, -0.1) is 11.3 Å². The summed E-state index contributed by atoms with van der Waals surface area (Å²) in [6.07, 6.45) is 4.51. The maximum absolute atomic E-state index is 12.5. The van der Waals surface area contributed by atoms with E-state index in [1.54, 1.807) is 11.3 Å². The predicted octanol–water partition coefficient (Wildman–Crippen LogP) is 3.96. The van der Waals surface area contributed by atoms with Crippen LogP contribution in [0.15, 0.2) is 15.9 Å². The molecule has 1 saturated heterocycles. The Kier molecular flexibility index (Phi) is 4.77. The Morgan fingerprint density at radius 1 is 1.53 bits per heavy atom. The Morgan fingerprint density at radius 3 is 2.76 bits per heavy atom. The quantitative estimate of drug-likeness (QED) is 0.767. The van der Waals surface area contributed by atoms with Gasteiger partial charge in [0.1, 0.15) is 0 Å². The molecule has 2 rings (SSSR count). The minimum Gasteiger partial charge on any atom is -0.293 e. The van der Waals surface area contributed by atoms with Crippen LogP contribution in [-0.4, -0.2) is 29.8 Å². The monoisotopic (exact) mass is 315 g/mol. The average molecular weight is 316 g/mol. The molecular weight excluding hydrogens is 298 g/mol. The van der Waals surface area contributed by atoms with E-state index in [4.69, 9.17) is 0 Å². The van der Waals surface area contributed by atoms with E-state index in [1.807, 2.05) is 11.4 Å². The minimum absolute atomic E-state index is 0.0949. The normalized spacial score (nSPS) is 18.5. The van der Waals surface area contributed by atoms with Crippen molar-refractivity contribution in [3.05, 3.63) is 20.8 Å². The summed E-state index contributed by atoms with van der Waals surface area (Å²) in [5, 5.41) is 1.98. The summed E-state index contributed by atoms with van der Waals surface area (Å²) >= 11 is 5.01. The minimum atomic E-state index is 0.0949. The highest BCUT2D eigenvalue weighted by molar-refractivity contribution is 9.10. The lowest BCUT2D eigenvalue weighted by molar-refractivity contribution is 0.0841. The summed E-state index contributed by atoms with van der Waals surface area (Å²) in [5.41, 5.74) is 0. The second-order valence-corrected chi connectivity index (χ2v) is 6.28. The van der Waals surface area contributed by atoms with Crippen LogP contribution < -0.4 is 0 Å². The fourth-order valence-electron chi connectivity index (χ4n) is 2.43. The molecule has 1 fully saturated rings. The number of hydrogen-bond donors (Lipinski definition) is 0. The highest BCUT2D eigenvalue weighted by Gasteiger charge is 2.29. The number of halogens is 1. The first-order chi connectivity index (χ1) is 8.24. The van der Waals surface area contributed by atoms with Crippen molar-refractivity contribution < 1.29 is 4.79 Å². The van der Waals surface area contributed by atoms with Gasteiger partial charge in [0.15, 0.2) is 5.78 Å². The summed E-state index contributed by atoms with van der Waals surface area (Å²) < 4.78 is 0.952. The third-order valence-electron chi connectivity index (χ3n) is 3.29. The second-order valence-electron chi connectivity index (χ2n) is 4.51. The molecule has 1 unspecified atom stereocenters. The first kappa shape index (κ1) is 13.2. The molecule has 0 radical (unpaired) electrons. The SMILES string of the molecule is CCCC(C(=O)c1sccc1Br)N1CCCC1. The van der Waals surface area contributed by atoms with Crippen LogP contribution in [0.5, 0.6) is 0 Å². The zero-order chi connectivity index (χ0) is 12.3. The molecule has 0 saturated carbocycles. The Labute approximate surface area is 115 Å². The third-order valence-corrected chi connectivity index (χ3v) is 5.14. The maximum atomic E-state index is 12.5. The van der Waals surface area contributed by atoms with Gasteiger partial charge >= 0.3 is 0 Å². The molecule has 1 aromatic heterocycles. The largest absolute Gasteiger partial charge is 0.293 e. The molecule has 2 nitrogen and oxygen atoms in total. The van der Waals surface area contributed by atoms with Crippen molar-refractivity contribution in [2.75, 3.05) is 13.1 Å². The lowest BCUT2D eigenvalue weighted by atomic mass is 10.0. The lowest BCUT2D eigenvalue weighted by Crippen LogP contribution is -2.39. The van der Waals surface area contributed by atoms with Crippen molar-refractivity contribution in [2.45, 2.75) is 38.6 Å². The van der Waals surface area contributed by atoms with Crippen molar-refractivity contribution in [3.8, 4) is 0 Å². The number of Topliss-reactive ketones (excluding diaryl/α,β-unsaturated/α-hetero) is 1. The van der Waals surface area contributed by atoms with Crippen LogP contribution in [0.4, 0.5) is 0 Å². The molecule has 4 heteroatoms. The van der Waals surface area contributed by atoms with Crippen molar-refractivity contribution >= 4 is 33.0 Å². The zero-order valence-electron chi connectivity index (χ0n) is 10.1. The van der Waals surface area contributed by atoms with Crippen LogP contribution in [0.2, 0.25) is 0 Å². The van der Waals surface area contributed by atoms with E-state index in [0.717, 1.165) is 35.3 Å². The topological polar surface area (TPSA) is 20.3 Å². The van der Waals surface area contributed by atoms with E-state index in [9.17, 15) is 4.79 Å². The highest BCUT2D eigenvalue weighted by atomic mass is 79.9. The van der Waals surface area contributed by atoms with E-state index in [2.05, 4.69) is 27.8 Å². The van der Waals surface area contributed by atoms with E-state index >= 15 is 0 Å². The number of carbonyl (C=O) groups excluding carboxylic acids is 1. The number of hydrogen-bond acceptors (Lipinski definition) is 3. The summed E-state index contributed by atoms with van der Waals surface area (Å²) in [7, 11) is 0. The van der Waals surface area contributed by atoms with E-state index in [0.29, 0.717) is 5.78 Å². The van der Waals surface area contributed by atoms with Crippen LogP contribution in [0, 0.1) is 0 Å². The number of carbonyl (C=O) groups is 1. The van der Waals surface area contributed by atoms with Crippen LogP contribution in [-0.2, 0) is 0 Å². The van der Waals surface area contributed by atoms with Gasteiger partial charge < -0.3 is 0 Å². The molecule has 0 bridgehead atoms. The summed E-state index contributed by atoms with van der Waals surface area (Å²) in [4.78, 5) is 15.8. The van der Waals surface area contributed by atoms with Gasteiger partial charge in [-0.1, -0.05) is 13.3 Å². The summed E-state index contributed by atoms with van der Waals surface area (Å²) in [6.45, 7) is 4.32. The van der Waals surface area contributed by atoms with Gasteiger partial charge in [-0.05, 0) is 59.7 Å². The predicted molar refractivity (Wildman–Crippen MR) is 75.9 cm³/mol. The number of thiophene rings is 1. The highest BCUT2D eigenvalue weighted by Crippen LogP contribution is 2.27. The molecule has 0 spiro atoms. The van der Waals surface area contributed by atoms with Crippen molar-refractivity contribution in [3.63, 3.8) is 0 Å². The molecule has 2 heterocycles. The first-order valence-corrected chi connectivity index (χ1v) is 7.92. The second kappa shape index (κ2) is 6.12.